The number of nitrogens with zero attached hydrogens (tertiary/aromatic N) is 2. The minimum atomic E-state index is 0.0563. The van der Waals surface area contributed by atoms with Crippen molar-refractivity contribution in [1.29, 1.82) is 0 Å². The maximum absolute atomic E-state index is 9.29. The summed E-state index contributed by atoms with van der Waals surface area (Å²) >= 11 is 0. The van der Waals surface area contributed by atoms with Gasteiger partial charge in [-0.1, -0.05) is 18.7 Å². The summed E-state index contributed by atoms with van der Waals surface area (Å²) in [6.45, 7) is 15.1. The molecule has 0 aliphatic carbocycles. The first-order valence-electron chi connectivity index (χ1n) is 7.89. The third-order valence-corrected chi connectivity index (χ3v) is 3.66. The molecule has 0 spiro atoms. The average molecular weight is 294 g/mol. The zero-order valence-corrected chi connectivity index (χ0v) is 13.6. The van der Waals surface area contributed by atoms with E-state index in [1.807, 2.05) is 32.1 Å². The molecule has 0 atom stereocenters. The summed E-state index contributed by atoms with van der Waals surface area (Å²) in [6, 6.07) is 0. The first-order chi connectivity index (χ1) is 10.2. The van der Waals surface area contributed by atoms with Gasteiger partial charge in [-0.05, 0) is 31.9 Å². The Morgan fingerprint density at radius 2 is 2.00 bits per heavy atom. The number of rotatable bonds is 9. The third-order valence-electron chi connectivity index (χ3n) is 3.66. The van der Waals surface area contributed by atoms with Gasteiger partial charge >= 0.3 is 0 Å². The van der Waals surface area contributed by atoms with Crippen LogP contribution in [-0.2, 0) is 4.74 Å². The molecule has 0 unspecified atom stereocenters. The van der Waals surface area contributed by atoms with Gasteiger partial charge in [0.05, 0.1) is 6.61 Å². The molecule has 1 heterocycles. The molecule has 4 heteroatoms. The summed E-state index contributed by atoms with van der Waals surface area (Å²) in [5.74, 6) is 0. The maximum Gasteiger partial charge on any atom is 0.0682 e. The SMILES string of the molecule is C=C(/C=C(\C=C/C)CO)N1CCN(CCCOCC)CC1. The minimum absolute atomic E-state index is 0.0563. The molecule has 1 aliphatic rings. The maximum atomic E-state index is 9.29. The molecule has 0 radical (unpaired) electrons. The fourth-order valence-corrected chi connectivity index (χ4v) is 2.46. The van der Waals surface area contributed by atoms with Crippen molar-refractivity contribution in [1.82, 2.24) is 9.80 Å². The molecule has 1 aliphatic heterocycles. The number of hydrogen-bond donors (Lipinski definition) is 1. The molecular formula is C17H30N2O2. The van der Waals surface area contributed by atoms with Crippen LogP contribution in [0.25, 0.3) is 0 Å². The molecule has 1 N–H and O–H groups in total. The van der Waals surface area contributed by atoms with Gasteiger partial charge in [-0.15, -0.1) is 0 Å². The molecule has 21 heavy (non-hydrogen) atoms. The van der Waals surface area contributed by atoms with Gasteiger partial charge in [-0.2, -0.15) is 0 Å². The Labute approximate surface area is 129 Å². The van der Waals surface area contributed by atoms with Crippen LogP contribution < -0.4 is 0 Å². The molecule has 120 valence electrons. The van der Waals surface area contributed by atoms with E-state index in [-0.39, 0.29) is 6.61 Å². The second-order valence-corrected chi connectivity index (χ2v) is 5.25. The smallest absolute Gasteiger partial charge is 0.0682 e. The normalized spacial score (nSPS) is 17.7. The Kier molecular flexibility index (Phi) is 9.06. The molecule has 0 amide bonds. The number of hydrogen-bond acceptors (Lipinski definition) is 4. The Morgan fingerprint density at radius 3 is 2.57 bits per heavy atom. The van der Waals surface area contributed by atoms with Gasteiger partial charge in [0.25, 0.3) is 0 Å². The lowest BCUT2D eigenvalue weighted by molar-refractivity contribution is 0.115. The Balaban J connectivity index is 2.33. The van der Waals surface area contributed by atoms with Crippen LogP contribution in [0, 0.1) is 0 Å². The van der Waals surface area contributed by atoms with Crippen molar-refractivity contribution in [3.05, 3.63) is 36.1 Å². The molecule has 1 fully saturated rings. The van der Waals surface area contributed by atoms with E-state index in [0.29, 0.717) is 0 Å². The van der Waals surface area contributed by atoms with Crippen LogP contribution in [0.15, 0.2) is 36.1 Å². The van der Waals surface area contributed by atoms with Crippen molar-refractivity contribution in [2.45, 2.75) is 20.3 Å². The highest BCUT2D eigenvalue weighted by atomic mass is 16.5. The standard InChI is InChI=1S/C17H30N2O2/c1-4-7-17(15-20)14-16(3)19-11-9-18(10-12-19)8-6-13-21-5-2/h4,7,14,20H,3,5-6,8-13,15H2,1-2H3/b7-4-,17-14+. The van der Waals surface area contributed by atoms with Crippen molar-refractivity contribution >= 4 is 0 Å². The van der Waals surface area contributed by atoms with E-state index in [4.69, 9.17) is 4.74 Å². The van der Waals surface area contributed by atoms with Crippen LogP contribution in [0.1, 0.15) is 20.3 Å². The highest BCUT2D eigenvalue weighted by Crippen LogP contribution is 2.12. The molecular weight excluding hydrogens is 264 g/mol. The van der Waals surface area contributed by atoms with E-state index in [0.717, 1.165) is 63.6 Å². The van der Waals surface area contributed by atoms with Gasteiger partial charge in [0.2, 0.25) is 0 Å². The van der Waals surface area contributed by atoms with Crippen molar-refractivity contribution in [2.24, 2.45) is 0 Å². The Bertz CT molecular complexity index is 356. The summed E-state index contributed by atoms with van der Waals surface area (Å²) < 4.78 is 5.37. The van der Waals surface area contributed by atoms with Gasteiger partial charge in [-0.3, -0.25) is 4.90 Å². The fourth-order valence-electron chi connectivity index (χ4n) is 2.46. The topological polar surface area (TPSA) is 35.9 Å². The van der Waals surface area contributed by atoms with E-state index < -0.39 is 0 Å². The van der Waals surface area contributed by atoms with Crippen molar-refractivity contribution in [3.63, 3.8) is 0 Å². The number of aliphatic hydroxyl groups is 1. The summed E-state index contributed by atoms with van der Waals surface area (Å²) in [4.78, 5) is 4.77. The van der Waals surface area contributed by atoms with Crippen LogP contribution >= 0.6 is 0 Å². The molecule has 1 rings (SSSR count). The van der Waals surface area contributed by atoms with Crippen LogP contribution in [-0.4, -0.2) is 67.5 Å². The van der Waals surface area contributed by atoms with E-state index >= 15 is 0 Å². The zero-order chi connectivity index (χ0) is 15.5. The van der Waals surface area contributed by atoms with Crippen LogP contribution in [0.5, 0.6) is 0 Å². The molecule has 0 aromatic heterocycles. The van der Waals surface area contributed by atoms with E-state index in [2.05, 4.69) is 16.4 Å². The van der Waals surface area contributed by atoms with E-state index in [1.165, 1.54) is 0 Å². The summed E-state index contributed by atoms with van der Waals surface area (Å²) in [5.41, 5.74) is 1.90. The summed E-state index contributed by atoms with van der Waals surface area (Å²) in [7, 11) is 0. The van der Waals surface area contributed by atoms with Gasteiger partial charge in [-0.25, -0.2) is 0 Å². The lowest BCUT2D eigenvalue weighted by Gasteiger charge is -2.36. The molecule has 0 saturated carbocycles. The molecule has 4 nitrogen and oxygen atoms in total. The highest BCUT2D eigenvalue weighted by molar-refractivity contribution is 5.28. The zero-order valence-electron chi connectivity index (χ0n) is 13.6. The van der Waals surface area contributed by atoms with Crippen LogP contribution in [0.3, 0.4) is 0 Å². The quantitative estimate of drug-likeness (QED) is 0.521. The Morgan fingerprint density at radius 1 is 1.29 bits per heavy atom. The number of piperazine rings is 1. The highest BCUT2D eigenvalue weighted by Gasteiger charge is 2.16. The largest absolute Gasteiger partial charge is 0.392 e. The minimum Gasteiger partial charge on any atom is -0.392 e. The lowest BCUT2D eigenvalue weighted by Crippen LogP contribution is -2.45. The van der Waals surface area contributed by atoms with Gasteiger partial charge in [0.1, 0.15) is 0 Å². The summed E-state index contributed by atoms with van der Waals surface area (Å²) in [5, 5.41) is 9.29. The van der Waals surface area contributed by atoms with Gasteiger partial charge < -0.3 is 14.7 Å². The third kappa shape index (κ3) is 6.93. The predicted molar refractivity (Wildman–Crippen MR) is 88.2 cm³/mol. The average Bonchev–Trinajstić information content (AvgIpc) is 2.51. The predicted octanol–water partition coefficient (Wildman–Crippen LogP) is 2.04. The first kappa shape index (κ1) is 18.0. The van der Waals surface area contributed by atoms with Crippen LogP contribution in [0.4, 0.5) is 0 Å². The molecule has 0 bridgehead atoms. The second kappa shape index (κ2) is 10.6. The lowest BCUT2D eigenvalue weighted by atomic mass is 10.2. The van der Waals surface area contributed by atoms with Crippen LogP contribution in [0.2, 0.25) is 0 Å². The van der Waals surface area contributed by atoms with Crippen molar-refractivity contribution in [2.75, 3.05) is 52.5 Å². The molecule has 0 aromatic carbocycles. The first-order valence-corrected chi connectivity index (χ1v) is 7.89. The molecule has 0 aromatic rings. The molecule has 1 saturated heterocycles. The number of allylic oxidation sites excluding steroid dienone is 2. The monoisotopic (exact) mass is 294 g/mol. The van der Waals surface area contributed by atoms with E-state index in [1.54, 1.807) is 0 Å². The van der Waals surface area contributed by atoms with Crippen molar-refractivity contribution in [3.8, 4) is 0 Å². The Hall–Kier alpha value is -1.10. The number of ether oxygens (including phenoxy) is 1. The van der Waals surface area contributed by atoms with E-state index in [9.17, 15) is 5.11 Å². The summed E-state index contributed by atoms with van der Waals surface area (Å²) in [6.07, 6.45) is 6.94. The fraction of sp³-hybridized carbons (Fsp3) is 0.647. The second-order valence-electron chi connectivity index (χ2n) is 5.25. The van der Waals surface area contributed by atoms with Gasteiger partial charge in [0, 0.05) is 51.6 Å². The van der Waals surface area contributed by atoms with Crippen molar-refractivity contribution < 1.29 is 9.84 Å². The van der Waals surface area contributed by atoms with Gasteiger partial charge in [0.15, 0.2) is 0 Å². The number of aliphatic hydroxyl groups excluding tert-OH is 1.